The highest BCUT2D eigenvalue weighted by Crippen LogP contribution is 2.39. The largest absolute Gasteiger partial charge is 0.493 e. The molecule has 7 heteroatoms. The lowest BCUT2D eigenvalue weighted by molar-refractivity contribution is -0.144. The molecule has 29 heavy (non-hydrogen) atoms. The van der Waals surface area contributed by atoms with E-state index in [1.54, 1.807) is 31.3 Å². The molecule has 2 aromatic carbocycles. The lowest BCUT2D eigenvalue weighted by Gasteiger charge is -2.37. The predicted molar refractivity (Wildman–Crippen MR) is 109 cm³/mol. The number of carbonyl (C=O) groups is 2. The number of esters is 1. The number of hydrogen-bond acceptors (Lipinski definition) is 5. The first-order valence-corrected chi connectivity index (χ1v) is 9.70. The van der Waals surface area contributed by atoms with Crippen molar-refractivity contribution in [3.63, 3.8) is 0 Å². The zero-order chi connectivity index (χ0) is 21.0. The second-order valence-corrected chi connectivity index (χ2v) is 7.28. The third kappa shape index (κ3) is 4.65. The Bertz CT molecular complexity index is 897. The molecule has 0 saturated heterocycles. The molecule has 3 rings (SSSR count). The topological polar surface area (TPSA) is 65.1 Å². The van der Waals surface area contributed by atoms with E-state index in [1.165, 1.54) is 7.11 Å². The first-order valence-electron chi connectivity index (χ1n) is 9.32. The minimum Gasteiger partial charge on any atom is -0.493 e. The number of amides is 1. The molecule has 154 valence electrons. The summed E-state index contributed by atoms with van der Waals surface area (Å²) in [5, 5.41) is 0.623. The monoisotopic (exact) mass is 417 g/mol. The molecule has 0 spiro atoms. The Kier molecular flexibility index (Phi) is 6.64. The standard InChI is InChI=1S/C22H24ClNO5/c1-27-19-11-15-8-9-24(21(25)10-14-4-6-16(23)7-5-14)18(13-22(26)29-3)17(15)12-20(19)28-2/h4-7,11-12,18H,8-10,13H2,1-3H3/t18-/m0/s1. The summed E-state index contributed by atoms with van der Waals surface area (Å²) in [6, 6.07) is 10.5. The van der Waals surface area contributed by atoms with E-state index >= 15 is 0 Å². The van der Waals surface area contributed by atoms with Crippen molar-refractivity contribution in [1.29, 1.82) is 0 Å². The molecule has 1 aliphatic rings. The van der Waals surface area contributed by atoms with Gasteiger partial charge < -0.3 is 19.1 Å². The quantitative estimate of drug-likeness (QED) is 0.672. The van der Waals surface area contributed by atoms with Crippen molar-refractivity contribution in [3.05, 3.63) is 58.1 Å². The summed E-state index contributed by atoms with van der Waals surface area (Å²) in [4.78, 5) is 27.0. The van der Waals surface area contributed by atoms with Crippen LogP contribution in [0.1, 0.15) is 29.2 Å². The highest BCUT2D eigenvalue weighted by atomic mass is 35.5. The Labute approximate surface area is 175 Å². The van der Waals surface area contributed by atoms with Crippen molar-refractivity contribution >= 4 is 23.5 Å². The normalized spacial score (nSPS) is 15.4. The van der Waals surface area contributed by atoms with Crippen LogP contribution >= 0.6 is 11.6 Å². The maximum atomic E-state index is 13.1. The smallest absolute Gasteiger partial charge is 0.307 e. The molecule has 0 N–H and O–H groups in total. The molecule has 2 aromatic rings. The Balaban J connectivity index is 1.93. The van der Waals surface area contributed by atoms with E-state index in [4.69, 9.17) is 25.8 Å². The van der Waals surface area contributed by atoms with E-state index in [9.17, 15) is 9.59 Å². The Hall–Kier alpha value is -2.73. The number of nitrogens with zero attached hydrogens (tertiary/aromatic N) is 1. The van der Waals surface area contributed by atoms with Gasteiger partial charge in [-0.15, -0.1) is 0 Å². The second-order valence-electron chi connectivity index (χ2n) is 6.84. The van der Waals surface area contributed by atoms with Crippen LogP contribution in [0.3, 0.4) is 0 Å². The van der Waals surface area contributed by atoms with Gasteiger partial charge in [-0.1, -0.05) is 23.7 Å². The van der Waals surface area contributed by atoms with Crippen LogP contribution in [-0.2, 0) is 27.2 Å². The van der Waals surface area contributed by atoms with Crippen LogP contribution in [0.2, 0.25) is 5.02 Å². The number of methoxy groups -OCH3 is 3. The summed E-state index contributed by atoms with van der Waals surface area (Å²) in [5.74, 6) is 0.765. The Morgan fingerprint density at radius 3 is 2.34 bits per heavy atom. The van der Waals surface area contributed by atoms with Crippen LogP contribution in [-0.4, -0.2) is 44.7 Å². The molecule has 0 saturated carbocycles. The van der Waals surface area contributed by atoms with Crippen molar-refractivity contribution in [1.82, 2.24) is 4.90 Å². The van der Waals surface area contributed by atoms with Gasteiger partial charge in [-0.2, -0.15) is 0 Å². The number of ether oxygens (including phenoxy) is 3. The highest BCUT2D eigenvalue weighted by Gasteiger charge is 2.33. The highest BCUT2D eigenvalue weighted by molar-refractivity contribution is 6.30. The van der Waals surface area contributed by atoms with Crippen molar-refractivity contribution in [3.8, 4) is 11.5 Å². The van der Waals surface area contributed by atoms with Gasteiger partial charge >= 0.3 is 5.97 Å². The van der Waals surface area contributed by atoms with Crippen LogP contribution < -0.4 is 9.47 Å². The van der Waals surface area contributed by atoms with Crippen LogP contribution in [0.5, 0.6) is 11.5 Å². The van der Waals surface area contributed by atoms with Crippen molar-refractivity contribution in [2.75, 3.05) is 27.9 Å². The molecule has 6 nitrogen and oxygen atoms in total. The molecular formula is C22H24ClNO5. The molecule has 0 unspecified atom stereocenters. The zero-order valence-corrected chi connectivity index (χ0v) is 17.5. The van der Waals surface area contributed by atoms with Crippen LogP contribution in [0.15, 0.2) is 36.4 Å². The van der Waals surface area contributed by atoms with Gasteiger partial charge in [0.25, 0.3) is 0 Å². The van der Waals surface area contributed by atoms with E-state index in [2.05, 4.69) is 0 Å². The lowest BCUT2D eigenvalue weighted by Crippen LogP contribution is -2.42. The minimum absolute atomic E-state index is 0.0540. The van der Waals surface area contributed by atoms with Gasteiger partial charge in [0.15, 0.2) is 11.5 Å². The van der Waals surface area contributed by atoms with Crippen molar-refractivity contribution in [2.24, 2.45) is 0 Å². The van der Waals surface area contributed by atoms with Gasteiger partial charge in [-0.3, -0.25) is 9.59 Å². The first-order chi connectivity index (χ1) is 14.0. The number of fused-ring (bicyclic) bond motifs is 1. The minimum atomic E-state index is -0.425. The zero-order valence-electron chi connectivity index (χ0n) is 16.7. The maximum Gasteiger partial charge on any atom is 0.307 e. The fourth-order valence-electron chi connectivity index (χ4n) is 3.67. The number of carbonyl (C=O) groups excluding carboxylic acids is 2. The molecule has 1 aliphatic heterocycles. The first kappa shape index (κ1) is 21.0. The van der Waals surface area contributed by atoms with Crippen LogP contribution in [0.25, 0.3) is 0 Å². The van der Waals surface area contributed by atoms with Gasteiger partial charge in [0.05, 0.1) is 40.2 Å². The molecule has 0 bridgehead atoms. The number of rotatable bonds is 6. The van der Waals surface area contributed by atoms with E-state index in [1.807, 2.05) is 24.3 Å². The Morgan fingerprint density at radius 2 is 1.72 bits per heavy atom. The van der Waals surface area contributed by atoms with E-state index < -0.39 is 6.04 Å². The van der Waals surface area contributed by atoms with Gasteiger partial charge in [0, 0.05) is 11.6 Å². The summed E-state index contributed by atoms with van der Waals surface area (Å²) in [5.41, 5.74) is 2.78. The molecule has 0 aromatic heterocycles. The number of hydrogen-bond donors (Lipinski definition) is 0. The van der Waals surface area contributed by atoms with E-state index in [0.717, 1.165) is 16.7 Å². The molecule has 0 fully saturated rings. The van der Waals surface area contributed by atoms with Gasteiger partial charge in [0.2, 0.25) is 5.91 Å². The Morgan fingerprint density at radius 1 is 1.07 bits per heavy atom. The predicted octanol–water partition coefficient (Wildman–Crippen LogP) is 3.59. The summed E-state index contributed by atoms with van der Waals surface area (Å²) in [6.07, 6.45) is 0.975. The van der Waals surface area contributed by atoms with Gasteiger partial charge in [-0.05, 0) is 47.4 Å². The third-order valence-corrected chi connectivity index (χ3v) is 5.43. The summed E-state index contributed by atoms with van der Waals surface area (Å²) in [6.45, 7) is 0.510. The molecule has 1 amide bonds. The molecule has 0 aliphatic carbocycles. The van der Waals surface area contributed by atoms with Gasteiger partial charge in [-0.25, -0.2) is 0 Å². The molecule has 1 heterocycles. The molecular weight excluding hydrogens is 394 g/mol. The third-order valence-electron chi connectivity index (χ3n) is 5.18. The average Bonchev–Trinajstić information content (AvgIpc) is 2.74. The van der Waals surface area contributed by atoms with E-state index in [0.29, 0.717) is 29.5 Å². The summed E-state index contributed by atoms with van der Waals surface area (Å²) < 4.78 is 15.7. The lowest BCUT2D eigenvalue weighted by atomic mass is 9.89. The summed E-state index contributed by atoms with van der Waals surface area (Å²) in [7, 11) is 4.49. The molecule has 0 radical (unpaired) electrons. The average molecular weight is 418 g/mol. The van der Waals surface area contributed by atoms with E-state index in [-0.39, 0.29) is 24.7 Å². The van der Waals surface area contributed by atoms with Crippen molar-refractivity contribution in [2.45, 2.75) is 25.3 Å². The van der Waals surface area contributed by atoms with Crippen LogP contribution in [0.4, 0.5) is 0 Å². The fraction of sp³-hybridized carbons (Fsp3) is 0.364. The molecule has 1 atom stereocenters. The summed E-state index contributed by atoms with van der Waals surface area (Å²) >= 11 is 5.93. The van der Waals surface area contributed by atoms with Gasteiger partial charge in [0.1, 0.15) is 0 Å². The number of benzene rings is 2. The van der Waals surface area contributed by atoms with Crippen LogP contribution in [0, 0.1) is 0 Å². The second kappa shape index (κ2) is 9.18. The SMILES string of the molecule is COC(=O)C[C@H]1c2cc(OC)c(OC)cc2CCN1C(=O)Cc1ccc(Cl)cc1. The number of halogens is 1. The van der Waals surface area contributed by atoms with Crippen molar-refractivity contribution < 1.29 is 23.8 Å². The maximum absolute atomic E-state index is 13.1. The fourth-order valence-corrected chi connectivity index (χ4v) is 3.79.